The van der Waals surface area contributed by atoms with Gasteiger partial charge in [0.1, 0.15) is 0 Å². The van der Waals surface area contributed by atoms with Gasteiger partial charge in [0.15, 0.2) is 17.2 Å². The van der Waals surface area contributed by atoms with Crippen molar-refractivity contribution in [2.24, 2.45) is 0 Å². The summed E-state index contributed by atoms with van der Waals surface area (Å²) in [4.78, 5) is 35.8. The van der Waals surface area contributed by atoms with Gasteiger partial charge in [-0.05, 0) is 0 Å². The molecule has 2 aromatic carbocycles. The lowest BCUT2D eigenvalue weighted by Gasteiger charge is -2.05. The van der Waals surface area contributed by atoms with Crippen molar-refractivity contribution in [1.82, 2.24) is 16.0 Å². The third kappa shape index (κ3) is 4.88. The Labute approximate surface area is 155 Å². The molecule has 0 spiro atoms. The quantitative estimate of drug-likeness (QED) is 0.518. The first-order valence-electron chi connectivity index (χ1n) is 8.33. The van der Waals surface area contributed by atoms with Gasteiger partial charge in [-0.3, -0.25) is 25.2 Å². The number of benzene rings is 2. The predicted octanol–water partition coefficient (Wildman–Crippen LogP) is 2.77. The van der Waals surface area contributed by atoms with Gasteiger partial charge in [0.25, 0.3) is 5.91 Å². The second-order valence-electron chi connectivity index (χ2n) is 5.73. The number of Topliss-reactive ketones (excluding diaryl/α,β-unsaturated/α-hetero) is 1. The summed E-state index contributed by atoms with van der Waals surface area (Å²) in [5.74, 6) is -0.773. The van der Waals surface area contributed by atoms with Crippen LogP contribution in [0, 0.1) is 0 Å². The normalized spacial score (nSPS) is 10.2. The third-order valence-corrected chi connectivity index (χ3v) is 3.79. The Morgan fingerprint density at radius 2 is 1.52 bits per heavy atom. The van der Waals surface area contributed by atoms with Crippen LogP contribution in [0.25, 0.3) is 11.3 Å². The summed E-state index contributed by atoms with van der Waals surface area (Å²) in [5, 5.41) is 3.69. The highest BCUT2D eigenvalue weighted by Gasteiger charge is 2.15. The van der Waals surface area contributed by atoms with E-state index in [1.54, 1.807) is 24.3 Å². The average Bonchev–Trinajstić information content (AvgIpc) is 3.22. The second-order valence-corrected chi connectivity index (χ2v) is 5.73. The first-order chi connectivity index (χ1) is 13.1. The summed E-state index contributed by atoms with van der Waals surface area (Å²) < 4.78 is 5.14. The fourth-order valence-corrected chi connectivity index (χ4v) is 2.37. The number of nitrogens with one attached hydrogen (secondary N) is 2. The maximum atomic E-state index is 12.0. The molecule has 0 fully saturated rings. The van der Waals surface area contributed by atoms with Gasteiger partial charge in [0.05, 0.1) is 0 Å². The Hall–Kier alpha value is -3.74. The van der Waals surface area contributed by atoms with Gasteiger partial charge in [-0.2, -0.15) is 0 Å². The van der Waals surface area contributed by atoms with Crippen molar-refractivity contribution in [3.8, 4) is 11.3 Å². The zero-order valence-electron chi connectivity index (χ0n) is 14.3. The number of rotatable bonds is 6. The largest absolute Gasteiger partial charge is 0.355 e. The molecule has 1 aromatic heterocycles. The van der Waals surface area contributed by atoms with Crippen molar-refractivity contribution >= 4 is 17.6 Å². The molecule has 0 saturated heterocycles. The predicted molar refractivity (Wildman–Crippen MR) is 97.6 cm³/mol. The molecule has 7 heteroatoms. The number of hydrogen-bond acceptors (Lipinski definition) is 5. The molecule has 7 nitrogen and oxygen atoms in total. The van der Waals surface area contributed by atoms with E-state index in [1.807, 2.05) is 36.4 Å². The number of carbonyl (C=O) groups is 3. The fourth-order valence-electron chi connectivity index (χ4n) is 2.37. The van der Waals surface area contributed by atoms with Gasteiger partial charge in [-0.25, -0.2) is 0 Å². The van der Waals surface area contributed by atoms with E-state index in [9.17, 15) is 14.4 Å². The molecule has 0 unspecified atom stereocenters. The lowest BCUT2D eigenvalue weighted by molar-refractivity contribution is -0.121. The fraction of sp³-hybridized carbons (Fsp3) is 0.100. The number of ketones is 1. The highest BCUT2D eigenvalue weighted by Crippen LogP contribution is 2.19. The Bertz CT molecular complexity index is 936. The van der Waals surface area contributed by atoms with Crippen LogP contribution in [-0.4, -0.2) is 22.8 Å². The summed E-state index contributed by atoms with van der Waals surface area (Å²) in [6, 6.07) is 19.4. The number of carbonyl (C=O) groups excluding carboxylic acids is 3. The summed E-state index contributed by atoms with van der Waals surface area (Å²) in [6.07, 6.45) is 0.00984. The van der Waals surface area contributed by atoms with Crippen LogP contribution in [0.15, 0.2) is 71.3 Å². The molecular formula is C20H17N3O4. The Morgan fingerprint density at radius 3 is 2.22 bits per heavy atom. The van der Waals surface area contributed by atoms with Crippen molar-refractivity contribution in [2.75, 3.05) is 0 Å². The van der Waals surface area contributed by atoms with Crippen LogP contribution in [0.1, 0.15) is 33.7 Å². The third-order valence-electron chi connectivity index (χ3n) is 3.79. The minimum Gasteiger partial charge on any atom is -0.355 e. The van der Waals surface area contributed by atoms with Crippen LogP contribution in [0.5, 0.6) is 0 Å². The molecule has 2 N–H and O–H groups in total. The number of aromatic nitrogens is 1. The first-order valence-corrected chi connectivity index (χ1v) is 8.33. The van der Waals surface area contributed by atoms with Crippen LogP contribution >= 0.6 is 0 Å². The maximum absolute atomic E-state index is 12.0. The van der Waals surface area contributed by atoms with E-state index in [-0.39, 0.29) is 24.3 Å². The molecule has 0 atom stereocenters. The standard InChI is InChI=1S/C20H17N3O4/c24-17(14-7-3-1-4-8-14)11-12-19(25)21-22-20(26)16-13-18(27-23-16)15-9-5-2-6-10-15/h1-10,13H,11-12H2,(H,21,25)(H,22,26). The number of hydrazine groups is 1. The smallest absolute Gasteiger partial charge is 0.291 e. The average molecular weight is 363 g/mol. The molecule has 27 heavy (non-hydrogen) atoms. The molecular weight excluding hydrogens is 346 g/mol. The topological polar surface area (TPSA) is 101 Å². The number of hydrogen-bond donors (Lipinski definition) is 2. The van der Waals surface area contributed by atoms with E-state index in [0.29, 0.717) is 11.3 Å². The SMILES string of the molecule is O=C(CCC(=O)c1ccccc1)NNC(=O)c1cc(-c2ccccc2)on1. The van der Waals surface area contributed by atoms with Gasteiger partial charge < -0.3 is 4.52 Å². The van der Waals surface area contributed by atoms with Crippen LogP contribution in [0.2, 0.25) is 0 Å². The van der Waals surface area contributed by atoms with E-state index < -0.39 is 11.8 Å². The molecule has 136 valence electrons. The Kier molecular flexibility index (Phi) is 5.73. The summed E-state index contributed by atoms with van der Waals surface area (Å²) in [6.45, 7) is 0. The van der Waals surface area contributed by atoms with E-state index in [0.717, 1.165) is 5.56 Å². The zero-order chi connectivity index (χ0) is 19.1. The van der Waals surface area contributed by atoms with Crippen molar-refractivity contribution < 1.29 is 18.9 Å². The Balaban J connectivity index is 1.47. The van der Waals surface area contributed by atoms with Crippen molar-refractivity contribution in [1.29, 1.82) is 0 Å². The van der Waals surface area contributed by atoms with E-state index in [1.165, 1.54) is 6.07 Å². The van der Waals surface area contributed by atoms with Crippen molar-refractivity contribution in [2.45, 2.75) is 12.8 Å². The Morgan fingerprint density at radius 1 is 0.852 bits per heavy atom. The summed E-state index contributed by atoms with van der Waals surface area (Å²) >= 11 is 0. The molecule has 0 aliphatic rings. The molecule has 0 aliphatic carbocycles. The van der Waals surface area contributed by atoms with Gasteiger partial charge in [0, 0.05) is 30.0 Å². The minimum atomic E-state index is -0.608. The molecule has 0 aliphatic heterocycles. The van der Waals surface area contributed by atoms with Gasteiger partial charge in [0.2, 0.25) is 5.91 Å². The van der Waals surface area contributed by atoms with E-state index in [2.05, 4.69) is 16.0 Å². The molecule has 0 bridgehead atoms. The van der Waals surface area contributed by atoms with Crippen LogP contribution in [0.4, 0.5) is 0 Å². The monoisotopic (exact) mass is 363 g/mol. The minimum absolute atomic E-state index is 0.0366. The lowest BCUT2D eigenvalue weighted by atomic mass is 10.1. The number of nitrogens with zero attached hydrogens (tertiary/aromatic N) is 1. The zero-order valence-corrected chi connectivity index (χ0v) is 14.3. The van der Waals surface area contributed by atoms with Crippen LogP contribution in [-0.2, 0) is 4.79 Å². The number of amides is 2. The lowest BCUT2D eigenvalue weighted by Crippen LogP contribution is -2.41. The molecule has 0 radical (unpaired) electrons. The van der Waals surface area contributed by atoms with E-state index >= 15 is 0 Å². The molecule has 1 heterocycles. The highest BCUT2D eigenvalue weighted by atomic mass is 16.5. The van der Waals surface area contributed by atoms with Crippen molar-refractivity contribution in [3.63, 3.8) is 0 Å². The van der Waals surface area contributed by atoms with Crippen LogP contribution < -0.4 is 10.9 Å². The van der Waals surface area contributed by atoms with E-state index in [4.69, 9.17) is 4.52 Å². The first kappa shape index (κ1) is 18.1. The molecule has 3 aromatic rings. The van der Waals surface area contributed by atoms with Gasteiger partial charge in [-0.15, -0.1) is 0 Å². The summed E-state index contributed by atoms with van der Waals surface area (Å²) in [5.41, 5.74) is 5.89. The molecule has 0 saturated carbocycles. The second kappa shape index (κ2) is 8.57. The van der Waals surface area contributed by atoms with Gasteiger partial charge in [-0.1, -0.05) is 65.8 Å². The summed E-state index contributed by atoms with van der Waals surface area (Å²) in [7, 11) is 0. The van der Waals surface area contributed by atoms with Crippen LogP contribution in [0.3, 0.4) is 0 Å². The van der Waals surface area contributed by atoms with Gasteiger partial charge >= 0.3 is 0 Å². The highest BCUT2D eigenvalue weighted by molar-refractivity contribution is 5.98. The maximum Gasteiger partial charge on any atom is 0.291 e. The molecule has 2 amide bonds. The molecule has 3 rings (SSSR count). The van der Waals surface area contributed by atoms with Crippen molar-refractivity contribution in [3.05, 3.63) is 78.0 Å².